The number of likely N-dealkylation sites (N-methyl/N-ethyl adjacent to an activating group) is 1. The maximum absolute atomic E-state index is 9.29. The Morgan fingerprint density at radius 1 is 0.610 bits per heavy atom. The van der Waals surface area contributed by atoms with Gasteiger partial charge in [0, 0.05) is 48.7 Å². The normalized spacial score (nSPS) is 11.4. The molecule has 0 unspecified atom stereocenters. The molecule has 0 saturated carbocycles. The number of methoxy groups -OCH3 is 2. The molecule has 1 N–H and O–H groups in total. The van der Waals surface area contributed by atoms with E-state index < -0.39 is 0 Å². The van der Waals surface area contributed by atoms with E-state index in [9.17, 15) is 5.11 Å². The smallest absolute Gasteiger partial charge is 0.126 e. The lowest BCUT2D eigenvalue weighted by Crippen LogP contribution is -2.25. The van der Waals surface area contributed by atoms with Crippen LogP contribution in [0.1, 0.15) is 68.7 Å². The second-order valence-corrected chi connectivity index (χ2v) is 10.2. The van der Waals surface area contributed by atoms with E-state index in [-0.39, 0.29) is 6.61 Å². The SMILES string of the molecule is CCCCN(CCCC)c1ccc(/C=C/c2cc(OC)c(/C=C/c3ccc(N(CC)CCO)cc3)cc2OC)cc1. The minimum absolute atomic E-state index is 0.144. The van der Waals surface area contributed by atoms with Gasteiger partial charge in [0.1, 0.15) is 11.5 Å². The summed E-state index contributed by atoms with van der Waals surface area (Å²) in [6.07, 6.45) is 13.2. The Morgan fingerprint density at radius 3 is 1.41 bits per heavy atom. The molecule has 220 valence electrons. The third-order valence-corrected chi connectivity index (χ3v) is 7.32. The van der Waals surface area contributed by atoms with E-state index in [4.69, 9.17) is 9.47 Å². The Hall–Kier alpha value is -3.70. The van der Waals surface area contributed by atoms with E-state index >= 15 is 0 Å². The van der Waals surface area contributed by atoms with E-state index in [0.29, 0.717) is 6.54 Å². The van der Waals surface area contributed by atoms with Crippen molar-refractivity contribution in [2.45, 2.75) is 46.5 Å². The van der Waals surface area contributed by atoms with Crippen molar-refractivity contribution in [1.82, 2.24) is 0 Å². The molecule has 0 aliphatic rings. The Morgan fingerprint density at radius 2 is 1.05 bits per heavy atom. The van der Waals surface area contributed by atoms with Crippen LogP contribution in [0, 0.1) is 0 Å². The zero-order valence-electron chi connectivity index (χ0n) is 25.6. The largest absolute Gasteiger partial charge is 0.496 e. The van der Waals surface area contributed by atoms with Crippen molar-refractivity contribution in [2.75, 3.05) is 56.8 Å². The third-order valence-electron chi connectivity index (χ3n) is 7.32. The summed E-state index contributed by atoms with van der Waals surface area (Å²) < 4.78 is 11.5. The molecule has 5 heteroatoms. The quantitative estimate of drug-likeness (QED) is 0.170. The van der Waals surface area contributed by atoms with Crippen LogP contribution < -0.4 is 19.3 Å². The lowest BCUT2D eigenvalue weighted by molar-refractivity contribution is 0.302. The molecule has 0 radical (unpaired) electrons. The average Bonchev–Trinajstić information content (AvgIpc) is 3.02. The number of ether oxygens (including phenoxy) is 2. The highest BCUT2D eigenvalue weighted by Gasteiger charge is 2.09. The van der Waals surface area contributed by atoms with Crippen molar-refractivity contribution in [1.29, 1.82) is 0 Å². The van der Waals surface area contributed by atoms with Gasteiger partial charge in [0.2, 0.25) is 0 Å². The van der Waals surface area contributed by atoms with Gasteiger partial charge in [-0.1, -0.05) is 75.3 Å². The molecule has 41 heavy (non-hydrogen) atoms. The van der Waals surface area contributed by atoms with Gasteiger partial charge >= 0.3 is 0 Å². The summed E-state index contributed by atoms with van der Waals surface area (Å²) in [5.41, 5.74) is 6.55. The first-order chi connectivity index (χ1) is 20.1. The van der Waals surface area contributed by atoms with Crippen LogP contribution in [0.25, 0.3) is 24.3 Å². The number of aliphatic hydroxyl groups excluding tert-OH is 1. The molecule has 0 heterocycles. The van der Waals surface area contributed by atoms with E-state index in [1.165, 1.54) is 31.4 Å². The second-order valence-electron chi connectivity index (χ2n) is 10.2. The molecular weight excluding hydrogens is 508 g/mol. The molecular formula is C36H48N2O3. The highest BCUT2D eigenvalue weighted by Crippen LogP contribution is 2.32. The zero-order chi connectivity index (χ0) is 29.5. The fraction of sp³-hybridized carbons (Fsp3) is 0.389. The van der Waals surface area contributed by atoms with Crippen LogP contribution in [-0.4, -0.2) is 52.1 Å². The molecule has 0 aliphatic heterocycles. The molecule has 0 aromatic heterocycles. The number of benzene rings is 3. The van der Waals surface area contributed by atoms with Crippen molar-refractivity contribution in [3.8, 4) is 11.5 Å². The molecule has 0 bridgehead atoms. The van der Waals surface area contributed by atoms with Gasteiger partial charge in [-0.15, -0.1) is 0 Å². The molecule has 3 aromatic carbocycles. The molecule has 3 rings (SSSR count). The van der Waals surface area contributed by atoms with Crippen molar-refractivity contribution in [3.05, 3.63) is 82.9 Å². The molecule has 5 nitrogen and oxygen atoms in total. The third kappa shape index (κ3) is 9.43. The lowest BCUT2D eigenvalue weighted by Gasteiger charge is -2.24. The number of hydrogen-bond acceptors (Lipinski definition) is 5. The minimum Gasteiger partial charge on any atom is -0.496 e. The Labute approximate surface area is 247 Å². The molecule has 3 aromatic rings. The number of unbranched alkanes of at least 4 members (excludes halogenated alkanes) is 2. The predicted octanol–water partition coefficient (Wildman–Crippen LogP) is 8.27. The first-order valence-corrected chi connectivity index (χ1v) is 15.0. The Balaban J connectivity index is 1.76. The summed E-state index contributed by atoms with van der Waals surface area (Å²) in [4.78, 5) is 4.66. The number of nitrogens with zero attached hydrogens (tertiary/aromatic N) is 2. The predicted molar refractivity (Wildman–Crippen MR) is 177 cm³/mol. The topological polar surface area (TPSA) is 45.2 Å². The highest BCUT2D eigenvalue weighted by molar-refractivity contribution is 5.79. The molecule has 0 atom stereocenters. The first kappa shape index (κ1) is 31.8. The molecule has 0 fully saturated rings. The van der Waals surface area contributed by atoms with Gasteiger partial charge in [0.15, 0.2) is 0 Å². The van der Waals surface area contributed by atoms with Gasteiger partial charge in [-0.25, -0.2) is 0 Å². The monoisotopic (exact) mass is 556 g/mol. The second kappa shape index (κ2) is 17.2. The highest BCUT2D eigenvalue weighted by atomic mass is 16.5. The number of hydrogen-bond donors (Lipinski definition) is 1. The van der Waals surface area contributed by atoms with E-state index in [1.807, 2.05) is 12.1 Å². The number of rotatable bonds is 17. The fourth-order valence-electron chi connectivity index (χ4n) is 4.83. The summed E-state index contributed by atoms with van der Waals surface area (Å²) in [6.45, 7) is 10.4. The van der Waals surface area contributed by atoms with Crippen LogP contribution in [-0.2, 0) is 0 Å². The minimum atomic E-state index is 0.144. The standard InChI is InChI=1S/C36H48N2O3/c1-6-9-23-38(24-10-7-2)34-21-15-30(16-22-34)12-18-32-28-35(40-4)31(27-36(32)41-5)17-11-29-13-19-33(20-14-29)37(8-3)25-26-39/h11-22,27-28,39H,6-10,23-26H2,1-5H3/b17-11+,18-12+. The van der Waals surface area contributed by atoms with E-state index in [1.54, 1.807) is 14.2 Å². The van der Waals surface area contributed by atoms with Crippen molar-refractivity contribution in [3.63, 3.8) is 0 Å². The summed E-state index contributed by atoms with van der Waals surface area (Å²) >= 11 is 0. The summed E-state index contributed by atoms with van der Waals surface area (Å²) in [6, 6.07) is 21.2. The van der Waals surface area contributed by atoms with E-state index in [0.717, 1.165) is 59.1 Å². The van der Waals surface area contributed by atoms with Crippen LogP contribution in [0.15, 0.2) is 60.7 Å². The molecule has 0 saturated heterocycles. The van der Waals surface area contributed by atoms with Gasteiger partial charge in [0.05, 0.1) is 20.8 Å². The van der Waals surface area contributed by atoms with Gasteiger partial charge in [0.25, 0.3) is 0 Å². The Bertz CT molecular complexity index is 1220. The van der Waals surface area contributed by atoms with Gasteiger partial charge in [-0.05, 0) is 67.3 Å². The maximum atomic E-state index is 9.29. The Kier molecular flexibility index (Phi) is 13.3. The zero-order valence-corrected chi connectivity index (χ0v) is 25.6. The number of anilines is 2. The maximum Gasteiger partial charge on any atom is 0.126 e. The van der Waals surface area contributed by atoms with Crippen molar-refractivity contribution < 1.29 is 14.6 Å². The van der Waals surface area contributed by atoms with Crippen molar-refractivity contribution in [2.24, 2.45) is 0 Å². The molecule has 0 spiro atoms. The van der Waals surface area contributed by atoms with Crippen LogP contribution in [0.2, 0.25) is 0 Å². The van der Waals surface area contributed by atoms with Gasteiger partial charge in [-0.3, -0.25) is 0 Å². The fourth-order valence-corrected chi connectivity index (χ4v) is 4.83. The van der Waals surface area contributed by atoms with Crippen LogP contribution in [0.4, 0.5) is 11.4 Å². The lowest BCUT2D eigenvalue weighted by atomic mass is 10.0. The van der Waals surface area contributed by atoms with Gasteiger partial charge in [-0.2, -0.15) is 0 Å². The van der Waals surface area contributed by atoms with Gasteiger partial charge < -0.3 is 24.4 Å². The van der Waals surface area contributed by atoms with Crippen molar-refractivity contribution >= 4 is 35.7 Å². The summed E-state index contributed by atoms with van der Waals surface area (Å²) in [5, 5.41) is 9.29. The first-order valence-electron chi connectivity index (χ1n) is 15.0. The molecule has 0 aliphatic carbocycles. The van der Waals surface area contributed by atoms with E-state index in [2.05, 4.69) is 103 Å². The van der Waals surface area contributed by atoms with Crippen LogP contribution in [0.5, 0.6) is 11.5 Å². The summed E-state index contributed by atoms with van der Waals surface area (Å²) in [5.74, 6) is 1.58. The number of aliphatic hydroxyl groups is 1. The average molecular weight is 557 g/mol. The van der Waals surface area contributed by atoms with Crippen LogP contribution in [0.3, 0.4) is 0 Å². The molecule has 0 amide bonds. The van der Waals surface area contributed by atoms with Crippen LogP contribution >= 0.6 is 0 Å². The summed E-state index contributed by atoms with van der Waals surface area (Å²) in [7, 11) is 3.40.